The zero-order valence-electron chi connectivity index (χ0n) is 14.2. The first-order valence-electron chi connectivity index (χ1n) is 8.45. The van der Waals surface area contributed by atoms with E-state index in [0.29, 0.717) is 12.4 Å². The summed E-state index contributed by atoms with van der Waals surface area (Å²) in [6, 6.07) is 13.0. The molecule has 1 aromatic heterocycles. The van der Waals surface area contributed by atoms with Gasteiger partial charge in [0.05, 0.1) is 6.04 Å². The van der Waals surface area contributed by atoms with Crippen LogP contribution in [0.15, 0.2) is 42.5 Å². The molecule has 1 atom stereocenters. The molecule has 25 heavy (non-hydrogen) atoms. The summed E-state index contributed by atoms with van der Waals surface area (Å²) in [6.45, 7) is 2.74. The summed E-state index contributed by atoms with van der Waals surface area (Å²) < 4.78 is 0. The number of benzene rings is 1. The zero-order valence-corrected chi connectivity index (χ0v) is 14.2. The maximum absolute atomic E-state index is 12.8. The third-order valence-corrected chi connectivity index (χ3v) is 4.46. The van der Waals surface area contributed by atoms with Gasteiger partial charge in [0, 0.05) is 6.54 Å². The molecule has 3 rings (SSSR count). The maximum atomic E-state index is 12.8. The number of rotatable bonds is 3. The summed E-state index contributed by atoms with van der Waals surface area (Å²) in [5, 5.41) is 2.79. The van der Waals surface area contributed by atoms with Crippen molar-refractivity contribution in [2.45, 2.75) is 32.2 Å². The molecule has 0 saturated carbocycles. The number of nitrogens with one attached hydrogen (secondary N) is 1. The number of carbonyl (C=O) groups excluding carboxylic acids is 2. The first-order valence-corrected chi connectivity index (χ1v) is 8.45. The fourth-order valence-corrected chi connectivity index (χ4v) is 3.13. The monoisotopic (exact) mass is 338 g/mol. The Bertz CT molecular complexity index is 773. The summed E-state index contributed by atoms with van der Waals surface area (Å²) in [6.07, 6.45) is 3.01. The number of primary amides is 1. The molecule has 3 N–H and O–H groups in total. The molecule has 130 valence electrons. The average molecular weight is 338 g/mol. The number of amides is 3. The topological polar surface area (TPSA) is 88.3 Å². The highest BCUT2D eigenvalue weighted by molar-refractivity contribution is 5.93. The predicted octanol–water partition coefficient (Wildman–Crippen LogP) is 3.25. The number of aryl methyl sites for hydroxylation is 1. The number of nitrogens with zero attached hydrogens (tertiary/aromatic N) is 2. The number of pyridine rings is 1. The minimum atomic E-state index is -0.619. The lowest BCUT2D eigenvalue weighted by Crippen LogP contribution is -2.41. The van der Waals surface area contributed by atoms with Crippen LogP contribution < -0.4 is 11.1 Å². The summed E-state index contributed by atoms with van der Waals surface area (Å²) >= 11 is 0. The van der Waals surface area contributed by atoms with Crippen LogP contribution in [0.1, 0.15) is 46.9 Å². The number of anilines is 1. The van der Waals surface area contributed by atoms with Crippen LogP contribution in [0, 0.1) is 6.92 Å². The van der Waals surface area contributed by atoms with E-state index in [2.05, 4.69) is 34.6 Å². The Morgan fingerprint density at radius 1 is 1.16 bits per heavy atom. The van der Waals surface area contributed by atoms with E-state index in [-0.39, 0.29) is 17.8 Å². The quantitative estimate of drug-likeness (QED) is 0.900. The predicted molar refractivity (Wildman–Crippen MR) is 96.3 cm³/mol. The first-order chi connectivity index (χ1) is 12.0. The minimum absolute atomic E-state index is 0.0497. The Labute approximate surface area is 147 Å². The largest absolute Gasteiger partial charge is 0.364 e. The van der Waals surface area contributed by atoms with Crippen LogP contribution in [-0.4, -0.2) is 28.4 Å². The van der Waals surface area contributed by atoms with E-state index >= 15 is 0 Å². The van der Waals surface area contributed by atoms with Crippen LogP contribution in [0.25, 0.3) is 0 Å². The molecule has 0 aliphatic carbocycles. The molecule has 1 unspecified atom stereocenters. The van der Waals surface area contributed by atoms with E-state index in [1.54, 1.807) is 12.1 Å². The molecule has 1 saturated heterocycles. The van der Waals surface area contributed by atoms with Crippen molar-refractivity contribution < 1.29 is 9.59 Å². The highest BCUT2D eigenvalue weighted by Gasteiger charge is 2.28. The number of carbonyl (C=O) groups is 2. The van der Waals surface area contributed by atoms with Gasteiger partial charge in [0.25, 0.3) is 5.91 Å². The molecule has 6 nitrogen and oxygen atoms in total. The highest BCUT2D eigenvalue weighted by atomic mass is 16.2. The molecular formula is C19H22N4O2. The van der Waals surface area contributed by atoms with Crippen LogP contribution in [-0.2, 0) is 0 Å². The molecule has 1 aromatic carbocycles. The van der Waals surface area contributed by atoms with Crippen molar-refractivity contribution in [2.75, 3.05) is 11.9 Å². The van der Waals surface area contributed by atoms with Gasteiger partial charge in [0.15, 0.2) is 0 Å². The van der Waals surface area contributed by atoms with Crippen LogP contribution >= 0.6 is 0 Å². The molecule has 3 amide bonds. The number of urea groups is 1. The van der Waals surface area contributed by atoms with Crippen LogP contribution in [0.5, 0.6) is 0 Å². The fraction of sp³-hybridized carbons (Fsp3) is 0.316. The summed E-state index contributed by atoms with van der Waals surface area (Å²) in [7, 11) is 0. The van der Waals surface area contributed by atoms with E-state index in [9.17, 15) is 9.59 Å². The highest BCUT2D eigenvalue weighted by Crippen LogP contribution is 2.31. The second kappa shape index (κ2) is 7.34. The molecule has 1 aliphatic rings. The van der Waals surface area contributed by atoms with Gasteiger partial charge in [-0.25, -0.2) is 9.78 Å². The lowest BCUT2D eigenvalue weighted by molar-refractivity contribution is 0.0995. The number of hydrogen-bond acceptors (Lipinski definition) is 3. The molecule has 1 fully saturated rings. The van der Waals surface area contributed by atoms with Crippen molar-refractivity contribution >= 4 is 17.8 Å². The Morgan fingerprint density at radius 3 is 2.64 bits per heavy atom. The van der Waals surface area contributed by atoms with E-state index in [1.165, 1.54) is 11.6 Å². The van der Waals surface area contributed by atoms with Gasteiger partial charge in [0.1, 0.15) is 11.5 Å². The van der Waals surface area contributed by atoms with Crippen molar-refractivity contribution in [1.82, 2.24) is 9.88 Å². The lowest BCUT2D eigenvalue weighted by Gasteiger charge is -2.36. The van der Waals surface area contributed by atoms with Gasteiger partial charge >= 0.3 is 6.03 Å². The third kappa shape index (κ3) is 3.96. The molecule has 0 spiro atoms. The minimum Gasteiger partial charge on any atom is -0.364 e. The lowest BCUT2D eigenvalue weighted by atomic mass is 9.95. The first kappa shape index (κ1) is 17.0. The standard InChI is InChI=1S/C19H22N4O2/c1-13-8-10-14(11-9-13)16-6-2-3-12-23(16)19(25)22-17-7-4-5-15(21-17)18(20)24/h4-5,7-11,16H,2-3,6,12H2,1H3,(H2,20,24)(H,21,22,25). The van der Waals surface area contributed by atoms with Crippen molar-refractivity contribution in [3.8, 4) is 0 Å². The number of likely N-dealkylation sites (tertiary alicyclic amines) is 1. The van der Waals surface area contributed by atoms with E-state index in [0.717, 1.165) is 24.8 Å². The van der Waals surface area contributed by atoms with Gasteiger partial charge in [-0.2, -0.15) is 0 Å². The van der Waals surface area contributed by atoms with Gasteiger partial charge in [0.2, 0.25) is 0 Å². The van der Waals surface area contributed by atoms with Crippen molar-refractivity contribution in [2.24, 2.45) is 5.73 Å². The SMILES string of the molecule is Cc1ccc(C2CCCCN2C(=O)Nc2cccc(C(N)=O)n2)cc1. The Hall–Kier alpha value is -2.89. The van der Waals surface area contributed by atoms with E-state index in [4.69, 9.17) is 5.73 Å². The van der Waals surface area contributed by atoms with Gasteiger partial charge in [-0.15, -0.1) is 0 Å². The fourth-order valence-electron chi connectivity index (χ4n) is 3.13. The number of aromatic nitrogens is 1. The van der Waals surface area contributed by atoms with E-state index < -0.39 is 5.91 Å². The second-order valence-corrected chi connectivity index (χ2v) is 6.32. The summed E-state index contributed by atoms with van der Waals surface area (Å²) in [5.41, 5.74) is 7.71. The molecule has 6 heteroatoms. The van der Waals surface area contributed by atoms with E-state index in [1.807, 2.05) is 11.8 Å². The maximum Gasteiger partial charge on any atom is 0.323 e. The summed E-state index contributed by atoms with van der Waals surface area (Å²) in [4.78, 5) is 29.9. The third-order valence-electron chi connectivity index (χ3n) is 4.46. The van der Waals surface area contributed by atoms with Crippen LogP contribution in [0.4, 0.5) is 10.6 Å². The molecule has 2 heterocycles. The number of piperidine rings is 1. The zero-order chi connectivity index (χ0) is 17.8. The normalized spacial score (nSPS) is 17.2. The Kier molecular flexibility index (Phi) is 4.97. The Morgan fingerprint density at radius 2 is 1.92 bits per heavy atom. The number of nitrogens with two attached hydrogens (primary N) is 1. The van der Waals surface area contributed by atoms with Crippen LogP contribution in [0.3, 0.4) is 0 Å². The second-order valence-electron chi connectivity index (χ2n) is 6.32. The van der Waals surface area contributed by atoms with Gasteiger partial charge in [-0.1, -0.05) is 35.9 Å². The molecular weight excluding hydrogens is 316 g/mol. The molecule has 2 aromatic rings. The average Bonchev–Trinajstić information content (AvgIpc) is 2.62. The van der Waals surface area contributed by atoms with Gasteiger partial charge in [-0.3, -0.25) is 10.1 Å². The number of hydrogen-bond donors (Lipinski definition) is 2. The van der Waals surface area contributed by atoms with Crippen molar-refractivity contribution in [3.63, 3.8) is 0 Å². The smallest absolute Gasteiger partial charge is 0.323 e. The Balaban J connectivity index is 1.78. The molecule has 0 bridgehead atoms. The van der Waals surface area contributed by atoms with Gasteiger partial charge < -0.3 is 10.6 Å². The van der Waals surface area contributed by atoms with Crippen molar-refractivity contribution in [1.29, 1.82) is 0 Å². The molecule has 0 radical (unpaired) electrons. The van der Waals surface area contributed by atoms with Crippen LogP contribution in [0.2, 0.25) is 0 Å². The van der Waals surface area contributed by atoms with Gasteiger partial charge in [-0.05, 0) is 43.9 Å². The van der Waals surface area contributed by atoms with Crippen molar-refractivity contribution in [3.05, 3.63) is 59.3 Å². The molecule has 1 aliphatic heterocycles. The summed E-state index contributed by atoms with van der Waals surface area (Å²) in [5.74, 6) is -0.291.